The van der Waals surface area contributed by atoms with Crippen molar-refractivity contribution in [2.75, 3.05) is 0 Å². The van der Waals surface area contributed by atoms with Crippen molar-refractivity contribution >= 4 is 40.2 Å². The van der Waals surface area contributed by atoms with E-state index in [0.29, 0.717) is 21.5 Å². The molecule has 0 aliphatic heterocycles. The summed E-state index contributed by atoms with van der Waals surface area (Å²) < 4.78 is 9.42. The molecular weight excluding hydrogens is 457 g/mol. The summed E-state index contributed by atoms with van der Waals surface area (Å²) in [6.07, 6.45) is 5.74. The summed E-state index contributed by atoms with van der Waals surface area (Å²) >= 11 is 12.4. The van der Waals surface area contributed by atoms with Gasteiger partial charge in [0.05, 0.1) is 23.2 Å². The first-order valence-corrected chi connectivity index (χ1v) is 11.8. The van der Waals surface area contributed by atoms with Crippen LogP contribution in [0.2, 0.25) is 10.0 Å². The van der Waals surface area contributed by atoms with E-state index in [0.717, 1.165) is 34.4 Å². The van der Waals surface area contributed by atoms with Crippen LogP contribution in [0, 0.1) is 5.92 Å². The van der Waals surface area contributed by atoms with Crippen LogP contribution in [0.5, 0.6) is 0 Å². The number of ether oxygens (including phenoxy) is 1. The van der Waals surface area contributed by atoms with Gasteiger partial charge in [-0.2, -0.15) is 0 Å². The molecule has 0 N–H and O–H groups in total. The first kappa shape index (κ1) is 22.1. The van der Waals surface area contributed by atoms with Gasteiger partial charge in [-0.1, -0.05) is 41.4 Å². The van der Waals surface area contributed by atoms with Crippen LogP contribution >= 0.6 is 23.2 Å². The molecule has 0 atom stereocenters. The molecule has 4 aromatic rings. The number of hydrogen-bond donors (Lipinski definition) is 0. The minimum Gasteiger partial charge on any atom is -0.443 e. The van der Waals surface area contributed by atoms with E-state index in [9.17, 15) is 4.79 Å². The number of carbonyl (C=O) groups is 1. The number of hydrogen-bond acceptors (Lipinski definition) is 3. The maximum Gasteiger partial charge on any atom is 0.419 e. The molecule has 0 radical (unpaired) electrons. The molecular formula is C26H25Cl2N3O2. The third-order valence-electron chi connectivity index (χ3n) is 5.72. The van der Waals surface area contributed by atoms with Crippen LogP contribution in [-0.2, 0) is 11.3 Å². The Morgan fingerprint density at radius 2 is 1.79 bits per heavy atom. The van der Waals surface area contributed by atoms with Crippen LogP contribution < -0.4 is 0 Å². The Bertz CT molecular complexity index is 1340. The molecule has 1 fully saturated rings. The lowest BCUT2D eigenvalue weighted by atomic mass is 10.0. The van der Waals surface area contributed by atoms with Crippen molar-refractivity contribution in [3.63, 3.8) is 0 Å². The lowest BCUT2D eigenvalue weighted by Crippen LogP contribution is -2.26. The molecule has 5 rings (SSSR count). The van der Waals surface area contributed by atoms with Gasteiger partial charge in [-0.05, 0) is 63.8 Å². The minimum absolute atomic E-state index is 0.442. The van der Waals surface area contributed by atoms with Crippen molar-refractivity contribution in [3.8, 4) is 22.5 Å². The van der Waals surface area contributed by atoms with E-state index in [4.69, 9.17) is 32.9 Å². The van der Waals surface area contributed by atoms with Gasteiger partial charge in [0.1, 0.15) is 5.60 Å². The molecule has 0 amide bonds. The summed E-state index contributed by atoms with van der Waals surface area (Å²) in [5.74, 6) is 0.657. The zero-order valence-electron chi connectivity index (χ0n) is 18.8. The quantitative estimate of drug-likeness (QED) is 0.300. The number of carbonyl (C=O) groups excluding carboxylic acids is 1. The van der Waals surface area contributed by atoms with E-state index >= 15 is 0 Å². The molecule has 170 valence electrons. The molecule has 2 aromatic carbocycles. The fraction of sp³-hybridized carbons (Fsp3) is 0.308. The molecule has 5 nitrogen and oxygen atoms in total. The predicted molar refractivity (Wildman–Crippen MR) is 133 cm³/mol. The SMILES string of the molecule is CC(C)(C)OC(=O)n1cc(-c2c(-c3ccc(Cl)cc3)ncn2CC2CC2)c2ccc(Cl)cc21. The molecule has 1 saturated carbocycles. The van der Waals surface area contributed by atoms with Crippen molar-refractivity contribution in [2.45, 2.75) is 45.8 Å². The van der Waals surface area contributed by atoms with Crippen LogP contribution in [0.4, 0.5) is 4.79 Å². The Hall–Kier alpha value is -2.76. The second-order valence-electron chi connectivity index (χ2n) is 9.60. The predicted octanol–water partition coefficient (Wildman–Crippen LogP) is 7.67. The van der Waals surface area contributed by atoms with E-state index in [1.165, 1.54) is 12.8 Å². The summed E-state index contributed by atoms with van der Waals surface area (Å²) in [7, 11) is 0. The van der Waals surface area contributed by atoms with Crippen molar-refractivity contribution in [1.29, 1.82) is 0 Å². The molecule has 0 spiro atoms. The van der Waals surface area contributed by atoms with Crippen LogP contribution in [0.3, 0.4) is 0 Å². The summed E-state index contributed by atoms with van der Waals surface area (Å²) in [5.41, 5.74) is 3.79. The third-order valence-corrected chi connectivity index (χ3v) is 6.21. The van der Waals surface area contributed by atoms with Gasteiger partial charge in [0.25, 0.3) is 0 Å². The number of fused-ring (bicyclic) bond motifs is 1. The zero-order valence-corrected chi connectivity index (χ0v) is 20.3. The number of halogens is 2. The Morgan fingerprint density at radius 1 is 1.09 bits per heavy atom. The highest BCUT2D eigenvalue weighted by Gasteiger charge is 2.27. The van der Waals surface area contributed by atoms with Gasteiger partial charge in [-0.15, -0.1) is 0 Å². The molecule has 7 heteroatoms. The number of nitrogens with zero attached hydrogens (tertiary/aromatic N) is 3. The van der Waals surface area contributed by atoms with Gasteiger partial charge in [-0.3, -0.25) is 4.57 Å². The summed E-state index contributed by atoms with van der Waals surface area (Å²) in [4.78, 5) is 17.9. The lowest BCUT2D eigenvalue weighted by Gasteiger charge is -2.19. The van der Waals surface area contributed by atoms with Gasteiger partial charge in [0.2, 0.25) is 0 Å². The minimum atomic E-state index is -0.616. The first-order chi connectivity index (χ1) is 15.7. The van der Waals surface area contributed by atoms with E-state index < -0.39 is 11.7 Å². The van der Waals surface area contributed by atoms with E-state index in [1.807, 2.05) is 69.7 Å². The Labute approximate surface area is 202 Å². The molecule has 0 saturated heterocycles. The second-order valence-corrected chi connectivity index (χ2v) is 10.5. The third kappa shape index (κ3) is 4.53. The fourth-order valence-electron chi connectivity index (χ4n) is 4.05. The van der Waals surface area contributed by atoms with Crippen molar-refractivity contribution in [1.82, 2.24) is 14.1 Å². The Morgan fingerprint density at radius 3 is 2.45 bits per heavy atom. The highest BCUT2D eigenvalue weighted by Crippen LogP contribution is 2.40. The van der Waals surface area contributed by atoms with Crippen molar-refractivity contribution < 1.29 is 9.53 Å². The molecule has 1 aliphatic rings. The van der Waals surface area contributed by atoms with Crippen LogP contribution in [0.15, 0.2) is 55.0 Å². The average molecular weight is 482 g/mol. The highest BCUT2D eigenvalue weighted by atomic mass is 35.5. The maximum absolute atomic E-state index is 13.1. The lowest BCUT2D eigenvalue weighted by molar-refractivity contribution is 0.0544. The Balaban J connectivity index is 1.72. The zero-order chi connectivity index (χ0) is 23.3. The summed E-state index contributed by atoms with van der Waals surface area (Å²) in [6, 6.07) is 13.3. The van der Waals surface area contributed by atoms with Gasteiger partial charge in [0, 0.05) is 39.3 Å². The van der Waals surface area contributed by atoms with Crippen molar-refractivity contribution in [3.05, 3.63) is 65.0 Å². The first-order valence-electron chi connectivity index (χ1n) is 11.0. The molecule has 2 aromatic heterocycles. The van der Waals surface area contributed by atoms with E-state index in [-0.39, 0.29) is 0 Å². The van der Waals surface area contributed by atoms with Gasteiger partial charge in [0.15, 0.2) is 0 Å². The van der Waals surface area contributed by atoms with Crippen LogP contribution in [0.1, 0.15) is 33.6 Å². The van der Waals surface area contributed by atoms with Gasteiger partial charge >= 0.3 is 6.09 Å². The highest BCUT2D eigenvalue weighted by molar-refractivity contribution is 6.31. The largest absolute Gasteiger partial charge is 0.443 e. The molecule has 33 heavy (non-hydrogen) atoms. The normalized spacial score (nSPS) is 14.1. The fourth-order valence-corrected chi connectivity index (χ4v) is 4.34. The smallest absolute Gasteiger partial charge is 0.419 e. The van der Waals surface area contributed by atoms with Gasteiger partial charge < -0.3 is 9.30 Å². The van der Waals surface area contributed by atoms with Crippen LogP contribution in [-0.4, -0.2) is 25.8 Å². The van der Waals surface area contributed by atoms with E-state index in [2.05, 4.69) is 4.57 Å². The van der Waals surface area contributed by atoms with Crippen LogP contribution in [0.25, 0.3) is 33.4 Å². The molecule has 2 heterocycles. The van der Waals surface area contributed by atoms with Gasteiger partial charge in [-0.25, -0.2) is 9.78 Å². The maximum atomic E-state index is 13.1. The topological polar surface area (TPSA) is 49.1 Å². The molecule has 1 aliphatic carbocycles. The number of benzene rings is 2. The number of imidazole rings is 1. The summed E-state index contributed by atoms with van der Waals surface area (Å²) in [6.45, 7) is 6.46. The standard InChI is InChI=1S/C26H25Cl2N3O2/c1-26(2,3)33-25(32)31-14-21(20-11-10-19(28)12-22(20)31)24-23(17-6-8-18(27)9-7-17)29-15-30(24)13-16-4-5-16/h6-12,14-16H,4-5,13H2,1-3H3. The average Bonchev–Trinajstić information content (AvgIpc) is 3.34. The number of rotatable bonds is 4. The molecule has 0 bridgehead atoms. The summed E-state index contributed by atoms with van der Waals surface area (Å²) in [5, 5.41) is 2.15. The Kier molecular flexibility index (Phi) is 5.50. The molecule has 0 unspecified atom stereocenters. The van der Waals surface area contributed by atoms with E-state index in [1.54, 1.807) is 10.6 Å². The second kappa shape index (κ2) is 8.23. The monoisotopic (exact) mass is 481 g/mol. The number of aromatic nitrogens is 3. The van der Waals surface area contributed by atoms with Crippen molar-refractivity contribution in [2.24, 2.45) is 5.92 Å².